The van der Waals surface area contributed by atoms with Gasteiger partial charge in [-0.25, -0.2) is 9.67 Å². The average Bonchev–Trinajstić information content (AvgIpc) is 3.53. The van der Waals surface area contributed by atoms with Gasteiger partial charge in [-0.1, -0.05) is 44.2 Å². The van der Waals surface area contributed by atoms with Crippen LogP contribution in [0, 0.1) is 6.92 Å². The Hall–Kier alpha value is -4.19. The summed E-state index contributed by atoms with van der Waals surface area (Å²) in [6, 6.07) is 21.8. The highest BCUT2D eigenvalue weighted by molar-refractivity contribution is 6.07. The second kappa shape index (κ2) is 9.58. The molecule has 5 aromatic rings. The minimum atomic E-state index is -0.134. The van der Waals surface area contributed by atoms with Gasteiger partial charge >= 0.3 is 0 Å². The van der Waals surface area contributed by atoms with Gasteiger partial charge in [0.25, 0.3) is 5.91 Å². The van der Waals surface area contributed by atoms with E-state index in [0.29, 0.717) is 24.4 Å². The maximum Gasteiger partial charge on any atom is 0.252 e. The number of carbonyl (C=O) groups excluding carboxylic acids is 1. The number of furan rings is 1. The van der Waals surface area contributed by atoms with Gasteiger partial charge in [0.15, 0.2) is 0 Å². The van der Waals surface area contributed by atoms with Gasteiger partial charge in [-0.2, -0.15) is 5.10 Å². The second-order valence-electron chi connectivity index (χ2n) is 8.96. The summed E-state index contributed by atoms with van der Waals surface area (Å²) < 4.78 is 7.28. The number of hydrogen-bond donors (Lipinski definition) is 1. The monoisotopic (exact) mass is 464 g/mol. The standard InChI is InChI=1S/C29H28N4O2/c1-19(2)21-10-12-22(13-11-21)33-20(3)26(18-31-33)28-17-25(24-8-4-5-9-27(24)32-28)29(34)30-15-14-23-7-6-16-35-23/h4-13,16-19H,14-15H2,1-3H3,(H,30,34). The molecule has 176 valence electrons. The molecule has 0 saturated heterocycles. The van der Waals surface area contributed by atoms with Crippen molar-refractivity contribution < 1.29 is 9.21 Å². The molecule has 3 heterocycles. The van der Waals surface area contributed by atoms with E-state index in [-0.39, 0.29) is 5.91 Å². The number of hydrogen-bond acceptors (Lipinski definition) is 4. The molecular formula is C29H28N4O2. The molecule has 0 saturated carbocycles. The molecule has 35 heavy (non-hydrogen) atoms. The highest BCUT2D eigenvalue weighted by atomic mass is 16.3. The van der Waals surface area contributed by atoms with Gasteiger partial charge in [-0.3, -0.25) is 4.79 Å². The number of nitrogens with zero attached hydrogens (tertiary/aromatic N) is 3. The van der Waals surface area contributed by atoms with Crippen LogP contribution in [0.15, 0.2) is 83.6 Å². The maximum absolute atomic E-state index is 13.2. The van der Waals surface area contributed by atoms with Crippen LogP contribution in [0.2, 0.25) is 0 Å². The average molecular weight is 465 g/mol. The molecule has 6 nitrogen and oxygen atoms in total. The molecule has 0 spiro atoms. The molecule has 0 fully saturated rings. The number of aromatic nitrogens is 3. The molecule has 0 aliphatic heterocycles. The van der Waals surface area contributed by atoms with Crippen molar-refractivity contribution in [3.63, 3.8) is 0 Å². The highest BCUT2D eigenvalue weighted by Crippen LogP contribution is 2.28. The number of fused-ring (bicyclic) bond motifs is 1. The van der Waals surface area contributed by atoms with E-state index in [0.717, 1.165) is 39.3 Å². The summed E-state index contributed by atoms with van der Waals surface area (Å²) in [5, 5.41) is 8.48. The molecule has 5 rings (SSSR count). The Bertz CT molecular complexity index is 1460. The van der Waals surface area contributed by atoms with E-state index in [1.54, 1.807) is 6.26 Å². The molecule has 0 unspecified atom stereocenters. The molecule has 0 aliphatic rings. The van der Waals surface area contributed by atoms with E-state index in [9.17, 15) is 4.79 Å². The van der Waals surface area contributed by atoms with Crippen LogP contribution >= 0.6 is 0 Å². The lowest BCUT2D eigenvalue weighted by atomic mass is 10.0. The number of benzene rings is 2. The Morgan fingerprint density at radius 1 is 1.06 bits per heavy atom. The topological polar surface area (TPSA) is 73.0 Å². The zero-order valence-corrected chi connectivity index (χ0v) is 20.2. The van der Waals surface area contributed by atoms with Crippen LogP contribution in [-0.2, 0) is 6.42 Å². The Labute approximate surface area is 204 Å². The van der Waals surface area contributed by atoms with Crippen molar-refractivity contribution in [2.24, 2.45) is 0 Å². The summed E-state index contributed by atoms with van der Waals surface area (Å²) in [4.78, 5) is 18.0. The fourth-order valence-corrected chi connectivity index (χ4v) is 4.27. The molecule has 1 amide bonds. The predicted octanol–water partition coefficient (Wildman–Crippen LogP) is 6.08. The summed E-state index contributed by atoms with van der Waals surface area (Å²) in [7, 11) is 0. The number of nitrogens with one attached hydrogen (secondary N) is 1. The van der Waals surface area contributed by atoms with E-state index in [4.69, 9.17) is 9.40 Å². The van der Waals surface area contributed by atoms with Crippen molar-refractivity contribution in [3.05, 3.63) is 102 Å². The van der Waals surface area contributed by atoms with Gasteiger partial charge in [-0.15, -0.1) is 0 Å². The summed E-state index contributed by atoms with van der Waals surface area (Å²) in [6.45, 7) is 6.88. The zero-order valence-electron chi connectivity index (χ0n) is 20.2. The SMILES string of the molecule is Cc1c(-c2cc(C(=O)NCCc3ccco3)c3ccccc3n2)cnn1-c1ccc(C(C)C)cc1. The first-order valence-electron chi connectivity index (χ1n) is 11.9. The van der Waals surface area contributed by atoms with Crippen LogP contribution in [0.25, 0.3) is 27.8 Å². The number of carbonyl (C=O) groups is 1. The minimum absolute atomic E-state index is 0.134. The van der Waals surface area contributed by atoms with Crippen molar-refractivity contribution in [1.82, 2.24) is 20.1 Å². The second-order valence-corrected chi connectivity index (χ2v) is 8.96. The largest absolute Gasteiger partial charge is 0.469 e. The van der Waals surface area contributed by atoms with Crippen molar-refractivity contribution in [1.29, 1.82) is 0 Å². The van der Waals surface area contributed by atoms with Crippen LogP contribution in [0.4, 0.5) is 0 Å². The van der Waals surface area contributed by atoms with E-state index in [1.165, 1.54) is 5.56 Å². The Balaban J connectivity index is 1.47. The number of pyridine rings is 1. The van der Waals surface area contributed by atoms with Crippen molar-refractivity contribution in [3.8, 4) is 16.9 Å². The van der Waals surface area contributed by atoms with Crippen LogP contribution in [-0.4, -0.2) is 27.2 Å². The zero-order chi connectivity index (χ0) is 24.4. The van der Waals surface area contributed by atoms with Crippen molar-refractivity contribution >= 4 is 16.8 Å². The lowest BCUT2D eigenvalue weighted by Crippen LogP contribution is -2.26. The normalized spacial score (nSPS) is 11.3. The summed E-state index contributed by atoms with van der Waals surface area (Å²) in [5.74, 6) is 1.18. The first kappa shape index (κ1) is 22.6. The summed E-state index contributed by atoms with van der Waals surface area (Å²) in [6.07, 6.45) is 4.10. The molecule has 0 bridgehead atoms. The minimum Gasteiger partial charge on any atom is -0.469 e. The smallest absolute Gasteiger partial charge is 0.252 e. The molecule has 3 aromatic heterocycles. The van der Waals surface area contributed by atoms with Gasteiger partial charge < -0.3 is 9.73 Å². The van der Waals surface area contributed by atoms with E-state index in [1.807, 2.05) is 60.3 Å². The molecule has 2 aromatic carbocycles. The van der Waals surface area contributed by atoms with Gasteiger partial charge in [0.05, 0.1) is 40.6 Å². The quantitative estimate of drug-likeness (QED) is 0.317. The molecule has 0 radical (unpaired) electrons. The van der Waals surface area contributed by atoms with E-state index < -0.39 is 0 Å². The Kier molecular flexibility index (Phi) is 6.19. The highest BCUT2D eigenvalue weighted by Gasteiger charge is 2.17. The first-order valence-corrected chi connectivity index (χ1v) is 11.9. The molecule has 1 N–H and O–H groups in total. The van der Waals surface area contributed by atoms with Crippen LogP contribution in [0.3, 0.4) is 0 Å². The van der Waals surface area contributed by atoms with E-state index >= 15 is 0 Å². The van der Waals surface area contributed by atoms with E-state index in [2.05, 4.69) is 48.5 Å². The third kappa shape index (κ3) is 4.60. The van der Waals surface area contributed by atoms with Crippen molar-refractivity contribution in [2.75, 3.05) is 6.54 Å². The maximum atomic E-state index is 13.2. The fraction of sp³-hybridized carbons (Fsp3) is 0.207. The van der Waals surface area contributed by atoms with Gasteiger partial charge in [0.1, 0.15) is 5.76 Å². The van der Waals surface area contributed by atoms with Crippen molar-refractivity contribution in [2.45, 2.75) is 33.1 Å². The molecule has 0 atom stereocenters. The van der Waals surface area contributed by atoms with Gasteiger partial charge in [0.2, 0.25) is 0 Å². The summed E-state index contributed by atoms with van der Waals surface area (Å²) in [5.41, 5.74) is 6.24. The number of rotatable bonds is 7. The fourth-order valence-electron chi connectivity index (χ4n) is 4.27. The lowest BCUT2D eigenvalue weighted by Gasteiger charge is -2.11. The number of para-hydroxylation sites is 1. The van der Waals surface area contributed by atoms with Crippen LogP contribution in [0.1, 0.15) is 47.1 Å². The van der Waals surface area contributed by atoms with Gasteiger partial charge in [-0.05, 0) is 54.8 Å². The first-order chi connectivity index (χ1) is 17.0. The predicted molar refractivity (Wildman–Crippen MR) is 138 cm³/mol. The van der Waals surface area contributed by atoms with Gasteiger partial charge in [0, 0.05) is 23.9 Å². The third-order valence-corrected chi connectivity index (χ3v) is 6.29. The third-order valence-electron chi connectivity index (χ3n) is 6.29. The molecule has 0 aliphatic carbocycles. The lowest BCUT2D eigenvalue weighted by molar-refractivity contribution is 0.0955. The summed E-state index contributed by atoms with van der Waals surface area (Å²) >= 11 is 0. The van der Waals surface area contributed by atoms with Crippen LogP contribution < -0.4 is 5.32 Å². The number of amides is 1. The molecule has 6 heteroatoms. The van der Waals surface area contributed by atoms with Crippen LogP contribution in [0.5, 0.6) is 0 Å². The Morgan fingerprint density at radius 2 is 1.86 bits per heavy atom. The Morgan fingerprint density at radius 3 is 2.60 bits per heavy atom. The molecular weight excluding hydrogens is 436 g/mol.